The van der Waals surface area contributed by atoms with Crippen molar-refractivity contribution in [1.82, 2.24) is 9.80 Å². The number of rotatable bonds is 4. The molecule has 0 spiro atoms. The molecule has 1 fully saturated rings. The van der Waals surface area contributed by atoms with Crippen molar-refractivity contribution in [3.05, 3.63) is 5.92 Å². The minimum absolute atomic E-state index is 0. The second-order valence-corrected chi connectivity index (χ2v) is 9.95. The molecule has 0 aromatic carbocycles. The van der Waals surface area contributed by atoms with Gasteiger partial charge in [-0.05, 0) is 32.9 Å². The molecule has 0 saturated carbocycles. The van der Waals surface area contributed by atoms with Gasteiger partial charge in [-0.3, -0.25) is 14.5 Å². The molecule has 0 bridgehead atoms. The van der Waals surface area contributed by atoms with Crippen molar-refractivity contribution in [3.8, 4) is 0 Å². The number of hydrogen-bond donors (Lipinski definition) is 0. The minimum Gasteiger partial charge on any atom is -0.520 e. The quantitative estimate of drug-likeness (QED) is 0.368. The van der Waals surface area contributed by atoms with Crippen LogP contribution in [0, 0.1) is 22.2 Å². The maximum Gasteiger partial charge on any atom is 0.234 e. The van der Waals surface area contributed by atoms with E-state index in [1.54, 1.807) is 19.0 Å². The van der Waals surface area contributed by atoms with Gasteiger partial charge in [0, 0.05) is 50.6 Å². The minimum atomic E-state index is -0.411. The molecule has 1 saturated heterocycles. The molecule has 0 atom stereocenters. The van der Waals surface area contributed by atoms with Gasteiger partial charge in [0.25, 0.3) is 0 Å². The van der Waals surface area contributed by atoms with Crippen LogP contribution in [0.15, 0.2) is 0 Å². The zero-order chi connectivity index (χ0) is 21.3. The normalized spacial score (nSPS) is 19.1. The summed E-state index contributed by atoms with van der Waals surface area (Å²) in [7, 11) is 3.34. The smallest absolute Gasteiger partial charge is 0.234 e. The van der Waals surface area contributed by atoms with Crippen LogP contribution in [-0.2, 0) is 47.1 Å². The Labute approximate surface area is 191 Å². The maximum absolute atomic E-state index is 11.7. The van der Waals surface area contributed by atoms with Crippen LogP contribution in [-0.4, -0.2) is 47.7 Å². The first-order valence-electron chi connectivity index (χ1n) is 9.11. The molecule has 0 N–H and O–H groups in total. The van der Waals surface area contributed by atoms with Crippen molar-refractivity contribution in [2.75, 3.05) is 14.1 Å². The summed E-state index contributed by atoms with van der Waals surface area (Å²) >= 11 is 0. The molecule has 0 unspecified atom stereocenters. The molecule has 1 radical (unpaired) electrons. The van der Waals surface area contributed by atoms with Gasteiger partial charge in [0.15, 0.2) is 0 Å². The molecule has 0 aromatic heterocycles. The molecule has 1 heterocycles. The predicted molar refractivity (Wildman–Crippen MR) is 106 cm³/mol. The van der Waals surface area contributed by atoms with Crippen LogP contribution in [0.1, 0.15) is 75.7 Å². The van der Waals surface area contributed by atoms with Gasteiger partial charge in [0.05, 0.1) is 0 Å². The Balaban J connectivity index is 0. The summed E-state index contributed by atoms with van der Waals surface area (Å²) in [6, 6.07) is 0. The molecule has 0 aliphatic carbocycles. The summed E-state index contributed by atoms with van der Waals surface area (Å²) in [5, 5.41) is 0. The number of carbonyl (C=O) groups is 2. The van der Waals surface area contributed by atoms with Gasteiger partial charge >= 0.3 is 0 Å². The number of likely N-dealkylation sites (tertiary alicyclic amines) is 1. The number of hydrogen-bond acceptors (Lipinski definition) is 3. The second kappa shape index (κ2) is 9.47. The van der Waals surface area contributed by atoms with E-state index in [2.05, 4.69) is 41.5 Å². The van der Waals surface area contributed by atoms with Crippen LogP contribution in [0.25, 0.3) is 0 Å². The van der Waals surface area contributed by atoms with E-state index in [0.717, 1.165) is 0 Å². The maximum atomic E-state index is 11.7. The number of amides is 3. The fourth-order valence-corrected chi connectivity index (χ4v) is 3.40. The summed E-state index contributed by atoms with van der Waals surface area (Å²) in [4.78, 5) is 36.8. The summed E-state index contributed by atoms with van der Waals surface area (Å²) < 4.78 is 0. The number of nitrogens with zero attached hydrogens (tertiary/aromatic N) is 2. The third-order valence-electron chi connectivity index (χ3n) is 6.41. The van der Waals surface area contributed by atoms with E-state index in [1.807, 2.05) is 34.1 Å². The van der Waals surface area contributed by atoms with Gasteiger partial charge in [-0.1, -0.05) is 41.5 Å². The average molecular weight is 455 g/mol. The first-order chi connectivity index (χ1) is 11.4. The van der Waals surface area contributed by atoms with Crippen molar-refractivity contribution in [2.24, 2.45) is 16.2 Å². The fraction of sp³-hybridized carbons (Fsp3) is 0.810. The molecule has 5 nitrogen and oxygen atoms in total. The van der Waals surface area contributed by atoms with E-state index < -0.39 is 10.8 Å². The van der Waals surface area contributed by atoms with Gasteiger partial charge in [-0.2, -0.15) is 20.3 Å². The number of imide groups is 1. The standard InChI is InChI=1S/C11H21NO.C10H17NO2.Y/c1-9(2)10(3,4)11(5,6)12(7)8-13;1-9(2)6-10(3,4)8(13)11(5)7(9)12;/h1-7H3;6H2,1-5H3;/q-2;;. The third-order valence-corrected chi connectivity index (χ3v) is 6.41. The Morgan fingerprint density at radius 2 is 1.33 bits per heavy atom. The number of piperidine rings is 1. The van der Waals surface area contributed by atoms with Gasteiger partial charge in [-0.15, -0.1) is 5.41 Å². The van der Waals surface area contributed by atoms with Gasteiger partial charge in [0.2, 0.25) is 11.8 Å². The first-order valence-corrected chi connectivity index (χ1v) is 9.11. The first kappa shape index (κ1) is 28.9. The summed E-state index contributed by atoms with van der Waals surface area (Å²) in [6.45, 7) is 20.2. The molecule has 27 heavy (non-hydrogen) atoms. The topological polar surface area (TPSA) is 57.7 Å². The SMILES string of the molecule is CN1C(=O)C(C)(C)CC(C)(C)C1=O.C[C-](C)C(C)(C)C(C)(C)N(C)[C-]=O.[Y]. The third kappa shape index (κ3) is 6.09. The van der Waals surface area contributed by atoms with E-state index in [1.165, 1.54) is 10.8 Å². The van der Waals surface area contributed by atoms with E-state index >= 15 is 0 Å². The van der Waals surface area contributed by atoms with E-state index in [0.29, 0.717) is 6.42 Å². The molecule has 1 aliphatic heterocycles. The Morgan fingerprint density at radius 3 is 1.59 bits per heavy atom. The zero-order valence-electron chi connectivity index (χ0n) is 19.4. The Morgan fingerprint density at radius 1 is 1.00 bits per heavy atom. The summed E-state index contributed by atoms with van der Waals surface area (Å²) in [5.41, 5.74) is -1.02. The van der Waals surface area contributed by atoms with Crippen LogP contribution < -0.4 is 0 Å². The number of carbonyl (C=O) groups excluding carboxylic acids is 3. The monoisotopic (exact) mass is 455 g/mol. The van der Waals surface area contributed by atoms with Crippen LogP contribution in [0.4, 0.5) is 0 Å². The molecular formula is C21H38N2O3Y-2. The fourth-order valence-electron chi connectivity index (χ4n) is 3.40. The van der Waals surface area contributed by atoms with E-state index in [9.17, 15) is 14.4 Å². The van der Waals surface area contributed by atoms with Crippen molar-refractivity contribution in [1.29, 1.82) is 0 Å². The molecule has 1 aliphatic rings. The Bertz CT molecular complexity index is 526. The molecule has 155 valence electrons. The van der Waals surface area contributed by atoms with Crippen molar-refractivity contribution in [3.63, 3.8) is 0 Å². The molecule has 0 aromatic rings. The van der Waals surface area contributed by atoms with Gasteiger partial charge in [-0.25, -0.2) is 0 Å². The van der Waals surface area contributed by atoms with Crippen LogP contribution in [0.5, 0.6) is 0 Å². The van der Waals surface area contributed by atoms with Gasteiger partial charge < -0.3 is 15.6 Å². The largest absolute Gasteiger partial charge is 0.520 e. The summed E-state index contributed by atoms with van der Waals surface area (Å²) in [5.74, 6) is 1.17. The van der Waals surface area contributed by atoms with Crippen LogP contribution in [0.2, 0.25) is 0 Å². The molecule has 3 amide bonds. The van der Waals surface area contributed by atoms with Crippen LogP contribution in [0.3, 0.4) is 0 Å². The van der Waals surface area contributed by atoms with Gasteiger partial charge in [0.1, 0.15) is 0 Å². The van der Waals surface area contributed by atoms with Crippen LogP contribution >= 0.6 is 0 Å². The Hall–Kier alpha value is -0.286. The van der Waals surface area contributed by atoms with Crippen molar-refractivity contribution < 1.29 is 47.1 Å². The molecule has 6 heteroatoms. The van der Waals surface area contributed by atoms with Crippen molar-refractivity contribution in [2.45, 2.75) is 81.2 Å². The van der Waals surface area contributed by atoms with Crippen molar-refractivity contribution >= 4 is 18.2 Å². The average Bonchev–Trinajstić information content (AvgIpc) is 2.49. The molecule has 1 rings (SSSR count). The van der Waals surface area contributed by atoms with E-state index in [4.69, 9.17) is 0 Å². The zero-order valence-corrected chi connectivity index (χ0v) is 22.2. The summed E-state index contributed by atoms with van der Waals surface area (Å²) in [6.07, 6.45) is 2.56. The van der Waals surface area contributed by atoms with E-state index in [-0.39, 0.29) is 55.5 Å². The Kier molecular flexibility index (Phi) is 10.1. The second-order valence-electron chi connectivity index (χ2n) is 9.95. The molecular weight excluding hydrogens is 417 g/mol. The predicted octanol–water partition coefficient (Wildman–Crippen LogP) is 3.83.